The van der Waals surface area contributed by atoms with Crippen molar-refractivity contribution in [2.45, 2.75) is 31.7 Å². The zero-order chi connectivity index (χ0) is 13.1. The second-order valence-corrected chi connectivity index (χ2v) is 4.91. The van der Waals surface area contributed by atoms with Crippen molar-refractivity contribution in [1.29, 1.82) is 0 Å². The number of carbonyl (C=O) groups excluding carboxylic acids is 1. The van der Waals surface area contributed by atoms with Crippen LogP contribution >= 0.6 is 0 Å². The molecule has 1 fully saturated rings. The lowest BCUT2D eigenvalue weighted by Crippen LogP contribution is -2.33. The first-order valence-electron chi connectivity index (χ1n) is 6.28. The molecule has 1 aliphatic heterocycles. The summed E-state index contributed by atoms with van der Waals surface area (Å²) in [5.74, 6) is 0.770. The van der Waals surface area contributed by atoms with Gasteiger partial charge in [0.05, 0.1) is 0 Å². The quantitative estimate of drug-likeness (QED) is 0.760. The van der Waals surface area contributed by atoms with E-state index in [0.717, 1.165) is 24.8 Å². The summed E-state index contributed by atoms with van der Waals surface area (Å²) >= 11 is 0. The summed E-state index contributed by atoms with van der Waals surface area (Å²) in [4.78, 5) is 13.9. The SMILES string of the molecule is C=C1CCC(N)CCC(=O)N(c2ccn(C)n2)C1. The summed E-state index contributed by atoms with van der Waals surface area (Å²) < 4.78 is 1.70. The topological polar surface area (TPSA) is 64.2 Å². The number of hydrogen-bond acceptors (Lipinski definition) is 3. The zero-order valence-corrected chi connectivity index (χ0v) is 10.8. The van der Waals surface area contributed by atoms with E-state index in [0.29, 0.717) is 18.8 Å². The number of amides is 1. The Morgan fingerprint density at radius 2 is 2.17 bits per heavy atom. The van der Waals surface area contributed by atoms with Gasteiger partial charge in [-0.05, 0) is 19.3 Å². The van der Waals surface area contributed by atoms with Crippen molar-refractivity contribution in [1.82, 2.24) is 9.78 Å². The van der Waals surface area contributed by atoms with Crippen LogP contribution in [-0.4, -0.2) is 28.3 Å². The van der Waals surface area contributed by atoms with E-state index in [1.807, 2.05) is 19.3 Å². The largest absolute Gasteiger partial charge is 0.328 e. The molecular formula is C13H20N4O. The number of anilines is 1. The number of rotatable bonds is 1. The molecule has 0 spiro atoms. The molecule has 98 valence electrons. The predicted octanol–water partition coefficient (Wildman–Crippen LogP) is 1.21. The molecule has 1 aromatic rings. The van der Waals surface area contributed by atoms with Gasteiger partial charge < -0.3 is 5.73 Å². The molecule has 1 aliphatic rings. The standard InChI is InChI=1S/C13H20N4O/c1-10-3-4-11(14)5-6-13(18)17(9-10)12-7-8-16(2)15-12/h7-8,11H,1,3-6,9,14H2,2H3. The first kappa shape index (κ1) is 12.8. The van der Waals surface area contributed by atoms with Crippen molar-refractivity contribution < 1.29 is 4.79 Å². The molecule has 0 aromatic carbocycles. The molecule has 2 heterocycles. The van der Waals surface area contributed by atoms with Crippen molar-refractivity contribution in [2.24, 2.45) is 12.8 Å². The van der Waals surface area contributed by atoms with Crippen LogP contribution in [0.15, 0.2) is 24.4 Å². The van der Waals surface area contributed by atoms with Crippen molar-refractivity contribution in [3.05, 3.63) is 24.4 Å². The first-order valence-corrected chi connectivity index (χ1v) is 6.28. The fraction of sp³-hybridized carbons (Fsp3) is 0.538. The molecule has 1 atom stereocenters. The maximum Gasteiger partial charge on any atom is 0.228 e. The minimum absolute atomic E-state index is 0.0761. The lowest BCUT2D eigenvalue weighted by molar-refractivity contribution is -0.118. The van der Waals surface area contributed by atoms with E-state index in [1.165, 1.54) is 0 Å². The summed E-state index contributed by atoms with van der Waals surface area (Å²) in [6, 6.07) is 1.94. The minimum Gasteiger partial charge on any atom is -0.328 e. The number of carbonyl (C=O) groups is 1. The maximum absolute atomic E-state index is 12.2. The Kier molecular flexibility index (Phi) is 3.81. The Balaban J connectivity index is 2.20. The van der Waals surface area contributed by atoms with Gasteiger partial charge in [-0.15, -0.1) is 0 Å². The third kappa shape index (κ3) is 2.98. The average Bonchev–Trinajstić information content (AvgIpc) is 2.77. The number of nitrogens with zero attached hydrogens (tertiary/aromatic N) is 3. The lowest BCUT2D eigenvalue weighted by atomic mass is 10.0. The van der Waals surface area contributed by atoms with Crippen molar-refractivity contribution in [3.63, 3.8) is 0 Å². The van der Waals surface area contributed by atoms with Gasteiger partial charge in [0.15, 0.2) is 5.82 Å². The minimum atomic E-state index is 0.0761. The summed E-state index contributed by atoms with van der Waals surface area (Å²) in [5, 5.41) is 4.29. The van der Waals surface area contributed by atoms with Gasteiger partial charge in [0.2, 0.25) is 5.91 Å². The molecule has 1 saturated heterocycles. The van der Waals surface area contributed by atoms with Crippen molar-refractivity contribution in [3.8, 4) is 0 Å². The molecule has 5 heteroatoms. The molecule has 1 amide bonds. The maximum atomic E-state index is 12.2. The average molecular weight is 248 g/mol. The second kappa shape index (κ2) is 5.35. The van der Waals surface area contributed by atoms with Crippen molar-refractivity contribution in [2.75, 3.05) is 11.4 Å². The van der Waals surface area contributed by atoms with Crippen LogP contribution in [0, 0.1) is 0 Å². The van der Waals surface area contributed by atoms with E-state index in [9.17, 15) is 4.79 Å². The Bertz CT molecular complexity index is 452. The van der Waals surface area contributed by atoms with Gasteiger partial charge in [-0.1, -0.05) is 12.2 Å². The van der Waals surface area contributed by atoms with Gasteiger partial charge in [0.1, 0.15) is 0 Å². The smallest absolute Gasteiger partial charge is 0.228 e. The molecule has 0 aliphatic carbocycles. The molecular weight excluding hydrogens is 228 g/mol. The van der Waals surface area contributed by atoms with Crippen LogP contribution in [0.2, 0.25) is 0 Å². The summed E-state index contributed by atoms with van der Waals surface area (Å²) in [7, 11) is 1.84. The Morgan fingerprint density at radius 3 is 2.83 bits per heavy atom. The fourth-order valence-electron chi connectivity index (χ4n) is 2.12. The Morgan fingerprint density at radius 1 is 1.44 bits per heavy atom. The third-order valence-electron chi connectivity index (χ3n) is 3.26. The Labute approximate surface area is 107 Å². The highest BCUT2D eigenvalue weighted by molar-refractivity contribution is 5.92. The van der Waals surface area contributed by atoms with Crippen LogP contribution in [0.1, 0.15) is 25.7 Å². The van der Waals surface area contributed by atoms with Crippen LogP contribution in [0.3, 0.4) is 0 Å². The van der Waals surface area contributed by atoms with E-state index in [-0.39, 0.29) is 11.9 Å². The van der Waals surface area contributed by atoms with Crippen LogP contribution in [0.5, 0.6) is 0 Å². The monoisotopic (exact) mass is 248 g/mol. The molecule has 0 radical (unpaired) electrons. The third-order valence-corrected chi connectivity index (χ3v) is 3.26. The predicted molar refractivity (Wildman–Crippen MR) is 71.1 cm³/mol. The van der Waals surface area contributed by atoms with E-state index in [1.54, 1.807) is 9.58 Å². The van der Waals surface area contributed by atoms with Crippen LogP contribution in [0.4, 0.5) is 5.82 Å². The van der Waals surface area contributed by atoms with Crippen LogP contribution < -0.4 is 10.6 Å². The first-order chi connectivity index (χ1) is 8.56. The lowest BCUT2D eigenvalue weighted by Gasteiger charge is -2.20. The number of nitrogens with two attached hydrogens (primary N) is 1. The van der Waals surface area contributed by atoms with Gasteiger partial charge in [0.25, 0.3) is 0 Å². The molecule has 18 heavy (non-hydrogen) atoms. The number of hydrogen-bond donors (Lipinski definition) is 1. The molecule has 1 aromatic heterocycles. The van der Waals surface area contributed by atoms with Gasteiger partial charge in [0, 0.05) is 38.3 Å². The van der Waals surface area contributed by atoms with Gasteiger partial charge in [-0.3, -0.25) is 14.4 Å². The van der Waals surface area contributed by atoms with E-state index in [4.69, 9.17) is 5.73 Å². The number of aryl methyl sites for hydroxylation is 1. The highest BCUT2D eigenvalue weighted by Crippen LogP contribution is 2.19. The second-order valence-electron chi connectivity index (χ2n) is 4.91. The van der Waals surface area contributed by atoms with Crippen LogP contribution in [0.25, 0.3) is 0 Å². The molecule has 1 unspecified atom stereocenters. The van der Waals surface area contributed by atoms with Crippen LogP contribution in [-0.2, 0) is 11.8 Å². The summed E-state index contributed by atoms with van der Waals surface area (Å²) in [6.07, 6.45) is 4.82. The molecule has 0 bridgehead atoms. The molecule has 0 saturated carbocycles. The van der Waals surface area contributed by atoms with E-state index >= 15 is 0 Å². The summed E-state index contributed by atoms with van der Waals surface area (Å²) in [5.41, 5.74) is 6.99. The zero-order valence-electron chi connectivity index (χ0n) is 10.8. The summed E-state index contributed by atoms with van der Waals surface area (Å²) in [6.45, 7) is 4.57. The van der Waals surface area contributed by atoms with Gasteiger partial charge in [-0.25, -0.2) is 0 Å². The highest BCUT2D eigenvalue weighted by Gasteiger charge is 2.21. The molecule has 2 rings (SSSR count). The van der Waals surface area contributed by atoms with Gasteiger partial charge >= 0.3 is 0 Å². The fourth-order valence-corrected chi connectivity index (χ4v) is 2.12. The number of aromatic nitrogens is 2. The van der Waals surface area contributed by atoms with Gasteiger partial charge in [-0.2, -0.15) is 5.10 Å². The normalized spacial score (nSPS) is 22.6. The molecule has 5 nitrogen and oxygen atoms in total. The highest BCUT2D eigenvalue weighted by atomic mass is 16.2. The van der Waals surface area contributed by atoms with E-state index in [2.05, 4.69) is 11.7 Å². The Hall–Kier alpha value is -1.62. The van der Waals surface area contributed by atoms with Crippen molar-refractivity contribution >= 4 is 11.7 Å². The molecule has 2 N–H and O–H groups in total. The van der Waals surface area contributed by atoms with E-state index < -0.39 is 0 Å².